The van der Waals surface area contributed by atoms with Crippen LogP contribution in [-0.4, -0.2) is 29.6 Å². The molecule has 0 rings (SSSR count). The van der Waals surface area contributed by atoms with Gasteiger partial charge in [-0.15, -0.1) is 0 Å². The van der Waals surface area contributed by atoms with E-state index in [0.717, 1.165) is 6.42 Å². The van der Waals surface area contributed by atoms with Gasteiger partial charge in [0.15, 0.2) is 0 Å². The lowest BCUT2D eigenvalue weighted by Crippen LogP contribution is -2.37. The smallest absolute Gasteiger partial charge is 0.321 e. The quantitative estimate of drug-likeness (QED) is 0.514. The van der Waals surface area contributed by atoms with Gasteiger partial charge in [0.05, 0.1) is 6.42 Å². The standard InChI is InChI=1S/C7H14N2O3/c1-2-3-9-6(10)4-5(8)7(11)12/h5H,2-4,8H2,1H3,(H,9,10)(H,11,12). The lowest BCUT2D eigenvalue weighted by Gasteiger charge is -2.06. The number of carboxylic acids is 1. The fourth-order valence-corrected chi connectivity index (χ4v) is 0.624. The van der Waals surface area contributed by atoms with Crippen molar-refractivity contribution in [2.24, 2.45) is 5.73 Å². The highest BCUT2D eigenvalue weighted by Crippen LogP contribution is 1.87. The number of carboxylic acid groups (broad SMARTS) is 1. The molecule has 5 heteroatoms. The molecular formula is C7H14N2O3. The number of carbonyl (C=O) groups is 2. The second-order valence-electron chi connectivity index (χ2n) is 2.50. The van der Waals surface area contributed by atoms with Gasteiger partial charge in [-0.3, -0.25) is 9.59 Å². The highest BCUT2D eigenvalue weighted by molar-refractivity contribution is 5.84. The monoisotopic (exact) mass is 174 g/mol. The van der Waals surface area contributed by atoms with Crippen LogP contribution in [0.4, 0.5) is 0 Å². The highest BCUT2D eigenvalue weighted by atomic mass is 16.4. The van der Waals surface area contributed by atoms with Crippen molar-refractivity contribution in [2.45, 2.75) is 25.8 Å². The molecule has 1 unspecified atom stereocenters. The Morgan fingerprint density at radius 3 is 2.58 bits per heavy atom. The minimum atomic E-state index is -1.15. The lowest BCUT2D eigenvalue weighted by atomic mass is 10.2. The molecule has 0 spiro atoms. The summed E-state index contributed by atoms with van der Waals surface area (Å²) in [6.07, 6.45) is 0.670. The summed E-state index contributed by atoms with van der Waals surface area (Å²) in [6, 6.07) is -1.10. The summed E-state index contributed by atoms with van der Waals surface area (Å²) < 4.78 is 0. The number of amides is 1. The predicted molar refractivity (Wildman–Crippen MR) is 43.5 cm³/mol. The maximum Gasteiger partial charge on any atom is 0.321 e. The summed E-state index contributed by atoms with van der Waals surface area (Å²) in [5, 5.41) is 10.9. The first-order valence-electron chi connectivity index (χ1n) is 3.83. The van der Waals surface area contributed by atoms with Gasteiger partial charge in [0.2, 0.25) is 5.91 Å². The molecule has 0 radical (unpaired) electrons. The van der Waals surface area contributed by atoms with E-state index in [9.17, 15) is 9.59 Å². The summed E-state index contributed by atoms with van der Waals surface area (Å²) >= 11 is 0. The number of hydrogen-bond donors (Lipinski definition) is 3. The normalized spacial score (nSPS) is 12.2. The van der Waals surface area contributed by atoms with Crippen LogP contribution in [-0.2, 0) is 9.59 Å². The van der Waals surface area contributed by atoms with Gasteiger partial charge in [0.25, 0.3) is 0 Å². The van der Waals surface area contributed by atoms with E-state index in [1.165, 1.54) is 0 Å². The Morgan fingerprint density at radius 1 is 1.58 bits per heavy atom. The molecule has 5 nitrogen and oxygen atoms in total. The third-order valence-corrected chi connectivity index (χ3v) is 1.29. The van der Waals surface area contributed by atoms with Crippen molar-refractivity contribution in [3.63, 3.8) is 0 Å². The first kappa shape index (κ1) is 10.9. The molecular weight excluding hydrogens is 160 g/mol. The van der Waals surface area contributed by atoms with Gasteiger partial charge in [0, 0.05) is 6.54 Å². The Labute approximate surface area is 70.9 Å². The maximum atomic E-state index is 10.9. The summed E-state index contributed by atoms with van der Waals surface area (Å²) in [4.78, 5) is 21.1. The Kier molecular flexibility index (Phi) is 5.03. The minimum absolute atomic E-state index is 0.157. The molecule has 1 atom stereocenters. The molecule has 0 saturated carbocycles. The van der Waals surface area contributed by atoms with Crippen LogP contribution in [0.3, 0.4) is 0 Å². The molecule has 0 aliphatic heterocycles. The van der Waals surface area contributed by atoms with Gasteiger partial charge >= 0.3 is 5.97 Å². The molecule has 4 N–H and O–H groups in total. The molecule has 70 valence electrons. The van der Waals surface area contributed by atoms with Gasteiger partial charge in [-0.2, -0.15) is 0 Å². The molecule has 12 heavy (non-hydrogen) atoms. The number of nitrogens with two attached hydrogens (primary N) is 1. The summed E-state index contributed by atoms with van der Waals surface area (Å²) in [7, 11) is 0. The van der Waals surface area contributed by atoms with Crippen LogP contribution in [0.2, 0.25) is 0 Å². The van der Waals surface area contributed by atoms with Gasteiger partial charge in [-0.05, 0) is 6.42 Å². The van der Waals surface area contributed by atoms with Gasteiger partial charge in [-0.1, -0.05) is 6.92 Å². The summed E-state index contributed by atoms with van der Waals surface area (Å²) in [5.41, 5.74) is 5.13. The van der Waals surface area contributed by atoms with Crippen molar-refractivity contribution in [1.29, 1.82) is 0 Å². The van der Waals surface area contributed by atoms with Gasteiger partial charge < -0.3 is 16.2 Å². The maximum absolute atomic E-state index is 10.9. The third kappa shape index (κ3) is 4.68. The molecule has 0 aromatic rings. The zero-order chi connectivity index (χ0) is 9.56. The molecule has 0 heterocycles. The zero-order valence-corrected chi connectivity index (χ0v) is 7.04. The SMILES string of the molecule is CCCNC(=O)CC(N)C(=O)O. The second-order valence-corrected chi connectivity index (χ2v) is 2.50. The third-order valence-electron chi connectivity index (χ3n) is 1.29. The number of nitrogens with one attached hydrogen (secondary N) is 1. The number of carbonyl (C=O) groups excluding carboxylic acids is 1. The van der Waals surface area contributed by atoms with Crippen molar-refractivity contribution in [3.8, 4) is 0 Å². The zero-order valence-electron chi connectivity index (χ0n) is 7.04. The Hall–Kier alpha value is -1.10. The molecule has 1 amide bonds. The van der Waals surface area contributed by atoms with Crippen molar-refractivity contribution >= 4 is 11.9 Å². The van der Waals surface area contributed by atoms with Crippen LogP contribution in [0.15, 0.2) is 0 Å². The van der Waals surface area contributed by atoms with E-state index in [0.29, 0.717) is 6.54 Å². The number of rotatable bonds is 5. The van der Waals surface area contributed by atoms with E-state index < -0.39 is 12.0 Å². The molecule has 0 bridgehead atoms. The molecule has 0 saturated heterocycles. The van der Waals surface area contributed by atoms with Crippen molar-refractivity contribution in [2.75, 3.05) is 6.54 Å². The van der Waals surface area contributed by atoms with Crippen molar-refractivity contribution in [1.82, 2.24) is 5.32 Å². The molecule has 0 aromatic carbocycles. The average Bonchev–Trinajstić information content (AvgIpc) is 2.00. The summed E-state index contributed by atoms with van der Waals surface area (Å²) in [5.74, 6) is -1.46. The molecule has 0 fully saturated rings. The fraction of sp³-hybridized carbons (Fsp3) is 0.714. The van der Waals surface area contributed by atoms with Gasteiger partial charge in [-0.25, -0.2) is 0 Å². The largest absolute Gasteiger partial charge is 0.480 e. The average molecular weight is 174 g/mol. The fourth-order valence-electron chi connectivity index (χ4n) is 0.624. The van der Waals surface area contributed by atoms with E-state index in [-0.39, 0.29) is 12.3 Å². The van der Waals surface area contributed by atoms with E-state index in [2.05, 4.69) is 5.32 Å². The molecule has 0 aromatic heterocycles. The Bertz CT molecular complexity index is 170. The van der Waals surface area contributed by atoms with Crippen molar-refractivity contribution in [3.05, 3.63) is 0 Å². The molecule has 0 aliphatic carbocycles. The van der Waals surface area contributed by atoms with Crippen LogP contribution in [0, 0.1) is 0 Å². The first-order chi connectivity index (χ1) is 5.57. The lowest BCUT2D eigenvalue weighted by molar-refractivity contribution is -0.140. The highest BCUT2D eigenvalue weighted by Gasteiger charge is 2.15. The summed E-state index contributed by atoms with van der Waals surface area (Å²) in [6.45, 7) is 2.47. The predicted octanol–water partition coefficient (Wildman–Crippen LogP) is -0.685. The van der Waals surface area contributed by atoms with E-state index >= 15 is 0 Å². The topological polar surface area (TPSA) is 92.4 Å². The van der Waals surface area contributed by atoms with Gasteiger partial charge in [0.1, 0.15) is 6.04 Å². The first-order valence-corrected chi connectivity index (χ1v) is 3.83. The van der Waals surface area contributed by atoms with Crippen LogP contribution < -0.4 is 11.1 Å². The van der Waals surface area contributed by atoms with Crippen LogP contribution >= 0.6 is 0 Å². The van der Waals surface area contributed by atoms with E-state index in [1.54, 1.807) is 0 Å². The Morgan fingerprint density at radius 2 is 2.17 bits per heavy atom. The molecule has 0 aliphatic rings. The second kappa shape index (κ2) is 5.54. The minimum Gasteiger partial charge on any atom is -0.480 e. The van der Waals surface area contributed by atoms with Crippen LogP contribution in [0.5, 0.6) is 0 Å². The van der Waals surface area contributed by atoms with Crippen LogP contribution in [0.1, 0.15) is 19.8 Å². The Balaban J connectivity index is 3.61. The number of hydrogen-bond acceptors (Lipinski definition) is 3. The van der Waals surface area contributed by atoms with E-state index in [4.69, 9.17) is 10.8 Å². The van der Waals surface area contributed by atoms with Crippen molar-refractivity contribution < 1.29 is 14.7 Å². The van der Waals surface area contributed by atoms with Crippen LogP contribution in [0.25, 0.3) is 0 Å². The number of aliphatic carboxylic acids is 1. The van der Waals surface area contributed by atoms with E-state index in [1.807, 2.05) is 6.92 Å².